The maximum Gasteiger partial charge on any atom is 0.227 e. The Morgan fingerprint density at radius 1 is 0.667 bits per heavy atom. The monoisotopic (exact) mass is 468 g/mol. The van der Waals surface area contributed by atoms with Crippen LogP contribution in [-0.4, -0.2) is 9.97 Å². The first-order valence-electron chi connectivity index (χ1n) is 12.4. The number of rotatable bonds is 4. The summed E-state index contributed by atoms with van der Waals surface area (Å²) >= 11 is 0. The van der Waals surface area contributed by atoms with Gasteiger partial charge in [-0.2, -0.15) is 0 Å². The molecule has 6 aromatic rings. The number of furan rings is 1. The molecule has 0 saturated heterocycles. The Hall–Kier alpha value is -4.24. The molecule has 0 bridgehead atoms. The predicted molar refractivity (Wildman–Crippen MR) is 149 cm³/mol. The van der Waals surface area contributed by atoms with Crippen molar-refractivity contribution >= 4 is 22.1 Å². The fourth-order valence-corrected chi connectivity index (χ4v) is 4.85. The van der Waals surface area contributed by atoms with Crippen LogP contribution in [0.4, 0.5) is 0 Å². The van der Waals surface area contributed by atoms with Crippen molar-refractivity contribution in [2.75, 3.05) is 0 Å². The van der Waals surface area contributed by atoms with E-state index in [0.717, 1.165) is 45.3 Å². The van der Waals surface area contributed by atoms with Crippen molar-refractivity contribution in [3.63, 3.8) is 0 Å². The van der Waals surface area contributed by atoms with Gasteiger partial charge in [-0.3, -0.25) is 4.98 Å². The molecule has 36 heavy (non-hydrogen) atoms. The molecule has 0 aliphatic heterocycles. The van der Waals surface area contributed by atoms with Crippen LogP contribution in [0.25, 0.3) is 55.7 Å². The lowest BCUT2D eigenvalue weighted by atomic mass is 9.88. The second kappa shape index (κ2) is 8.76. The maximum atomic E-state index is 6.38. The minimum Gasteiger partial charge on any atom is -0.437 e. The Morgan fingerprint density at radius 2 is 1.42 bits per heavy atom. The molecule has 0 aliphatic rings. The summed E-state index contributed by atoms with van der Waals surface area (Å²) in [6.07, 6.45) is 2.89. The van der Waals surface area contributed by atoms with Gasteiger partial charge in [-0.05, 0) is 58.9 Å². The van der Waals surface area contributed by atoms with Crippen molar-refractivity contribution in [3.8, 4) is 33.6 Å². The van der Waals surface area contributed by atoms with Crippen molar-refractivity contribution in [1.29, 1.82) is 0 Å². The Balaban J connectivity index is 1.39. The van der Waals surface area contributed by atoms with Crippen molar-refractivity contribution in [2.24, 2.45) is 5.41 Å². The lowest BCUT2D eigenvalue weighted by molar-refractivity contribution is 0.411. The van der Waals surface area contributed by atoms with Gasteiger partial charge in [0.15, 0.2) is 0 Å². The zero-order valence-corrected chi connectivity index (χ0v) is 20.8. The zero-order valence-electron chi connectivity index (χ0n) is 20.8. The molecule has 0 unspecified atom stereocenters. The summed E-state index contributed by atoms with van der Waals surface area (Å²) in [7, 11) is 0. The van der Waals surface area contributed by atoms with Crippen molar-refractivity contribution in [3.05, 3.63) is 109 Å². The topological polar surface area (TPSA) is 38.9 Å². The molecule has 0 aliphatic carbocycles. The van der Waals surface area contributed by atoms with Crippen LogP contribution in [0.2, 0.25) is 0 Å². The van der Waals surface area contributed by atoms with Crippen molar-refractivity contribution < 1.29 is 4.42 Å². The second-order valence-electron chi connectivity index (χ2n) is 10.6. The van der Waals surface area contributed by atoms with Crippen LogP contribution in [0.5, 0.6) is 0 Å². The standard InChI is InChI=1S/C33H28N2O/c1-33(2,3)21-22-18-19-34-30(20-22)28-11-7-10-26-27-16-17-29(35-32(27)36-31(26)28)25-14-12-24(13-15-25)23-8-5-4-6-9-23/h4-20H,21H2,1-3H3. The van der Waals surface area contributed by atoms with Gasteiger partial charge in [-0.1, -0.05) is 87.5 Å². The minimum atomic E-state index is 0.212. The van der Waals surface area contributed by atoms with Crippen LogP contribution in [-0.2, 0) is 6.42 Å². The first kappa shape index (κ1) is 22.2. The molecule has 176 valence electrons. The van der Waals surface area contributed by atoms with Gasteiger partial charge < -0.3 is 4.42 Å². The quantitative estimate of drug-likeness (QED) is 0.259. The molecule has 3 heterocycles. The summed E-state index contributed by atoms with van der Waals surface area (Å²) in [6.45, 7) is 6.77. The fourth-order valence-electron chi connectivity index (χ4n) is 4.85. The highest BCUT2D eigenvalue weighted by molar-refractivity contribution is 6.08. The average molecular weight is 469 g/mol. The number of nitrogens with zero attached hydrogens (tertiary/aromatic N) is 2. The first-order valence-corrected chi connectivity index (χ1v) is 12.4. The van der Waals surface area contributed by atoms with Gasteiger partial charge in [0.2, 0.25) is 5.71 Å². The number of fused-ring (bicyclic) bond motifs is 3. The van der Waals surface area contributed by atoms with Crippen molar-refractivity contribution in [1.82, 2.24) is 9.97 Å². The van der Waals surface area contributed by atoms with Gasteiger partial charge in [0.1, 0.15) is 5.58 Å². The van der Waals surface area contributed by atoms with Crippen LogP contribution in [0, 0.1) is 5.41 Å². The van der Waals surface area contributed by atoms with Gasteiger partial charge in [0.25, 0.3) is 0 Å². The number of para-hydroxylation sites is 1. The van der Waals surface area contributed by atoms with E-state index in [1.807, 2.05) is 12.3 Å². The highest BCUT2D eigenvalue weighted by atomic mass is 16.3. The minimum absolute atomic E-state index is 0.212. The highest BCUT2D eigenvalue weighted by Gasteiger charge is 2.16. The smallest absolute Gasteiger partial charge is 0.227 e. The Morgan fingerprint density at radius 3 is 2.19 bits per heavy atom. The average Bonchev–Trinajstić information content (AvgIpc) is 3.26. The van der Waals surface area contributed by atoms with Gasteiger partial charge in [-0.25, -0.2) is 4.98 Å². The van der Waals surface area contributed by atoms with Gasteiger partial charge in [0.05, 0.1) is 11.4 Å². The molecule has 3 heteroatoms. The molecule has 0 spiro atoms. The highest BCUT2D eigenvalue weighted by Crippen LogP contribution is 2.36. The first-order chi connectivity index (χ1) is 17.4. The lowest BCUT2D eigenvalue weighted by Crippen LogP contribution is -2.09. The number of hydrogen-bond donors (Lipinski definition) is 0. The lowest BCUT2D eigenvalue weighted by Gasteiger charge is -2.18. The second-order valence-corrected chi connectivity index (χ2v) is 10.6. The van der Waals surface area contributed by atoms with Crippen LogP contribution >= 0.6 is 0 Å². The largest absolute Gasteiger partial charge is 0.437 e. The summed E-state index contributed by atoms with van der Waals surface area (Å²) in [4.78, 5) is 9.58. The molecule has 0 amide bonds. The molecule has 3 aromatic heterocycles. The number of hydrogen-bond acceptors (Lipinski definition) is 3. The molecular weight excluding hydrogens is 440 g/mol. The number of benzene rings is 3. The third-order valence-corrected chi connectivity index (χ3v) is 6.49. The molecule has 6 rings (SSSR count). The van der Waals surface area contributed by atoms with Gasteiger partial charge in [-0.15, -0.1) is 0 Å². The van der Waals surface area contributed by atoms with E-state index in [4.69, 9.17) is 9.40 Å². The van der Waals surface area contributed by atoms with E-state index in [9.17, 15) is 0 Å². The Bertz CT molecular complexity index is 1670. The number of pyridine rings is 2. The molecular formula is C33H28N2O. The molecule has 0 radical (unpaired) electrons. The third-order valence-electron chi connectivity index (χ3n) is 6.49. The predicted octanol–water partition coefficient (Wildman–Crippen LogP) is 8.97. The van der Waals surface area contributed by atoms with E-state index in [2.05, 4.69) is 117 Å². The van der Waals surface area contributed by atoms with Crippen LogP contribution < -0.4 is 0 Å². The van der Waals surface area contributed by atoms with Gasteiger partial charge >= 0.3 is 0 Å². The SMILES string of the molecule is CC(C)(C)Cc1ccnc(-c2cccc3c2oc2nc(-c4ccc(-c5ccccc5)cc4)ccc23)c1. The summed E-state index contributed by atoms with van der Waals surface area (Å²) in [6, 6.07) is 33.6. The number of aromatic nitrogens is 2. The molecule has 0 fully saturated rings. The van der Waals surface area contributed by atoms with E-state index in [1.165, 1.54) is 16.7 Å². The van der Waals surface area contributed by atoms with Crippen LogP contribution in [0.1, 0.15) is 26.3 Å². The van der Waals surface area contributed by atoms with Crippen LogP contribution in [0.3, 0.4) is 0 Å². The molecule has 0 saturated carbocycles. The summed E-state index contributed by atoms with van der Waals surface area (Å²) in [5.41, 5.74) is 9.25. The Labute approximate surface area is 211 Å². The van der Waals surface area contributed by atoms with E-state index in [0.29, 0.717) is 5.71 Å². The maximum absolute atomic E-state index is 6.38. The summed E-state index contributed by atoms with van der Waals surface area (Å²) in [5.74, 6) is 0. The summed E-state index contributed by atoms with van der Waals surface area (Å²) in [5, 5.41) is 2.08. The van der Waals surface area contributed by atoms with Gasteiger partial charge in [0, 0.05) is 28.1 Å². The molecule has 3 nitrogen and oxygen atoms in total. The Kier molecular flexibility index (Phi) is 5.41. The van der Waals surface area contributed by atoms with Crippen molar-refractivity contribution in [2.45, 2.75) is 27.2 Å². The molecule has 0 N–H and O–H groups in total. The van der Waals surface area contributed by atoms with E-state index < -0.39 is 0 Å². The zero-order chi connectivity index (χ0) is 24.7. The van der Waals surface area contributed by atoms with E-state index >= 15 is 0 Å². The molecule has 0 atom stereocenters. The van der Waals surface area contributed by atoms with E-state index in [-0.39, 0.29) is 5.41 Å². The van der Waals surface area contributed by atoms with E-state index in [1.54, 1.807) is 0 Å². The molecule has 3 aromatic carbocycles. The van der Waals surface area contributed by atoms with Crippen LogP contribution in [0.15, 0.2) is 108 Å². The third kappa shape index (κ3) is 4.29. The summed E-state index contributed by atoms with van der Waals surface area (Å²) < 4.78 is 6.38. The fraction of sp³-hybridized carbons (Fsp3) is 0.152. The normalized spacial score (nSPS) is 11.9.